The number of aliphatic hydroxyl groups is 2. The molecule has 0 amide bonds. The van der Waals surface area contributed by atoms with Crippen LogP contribution in [-0.2, 0) is 0 Å². The molecule has 1 unspecified atom stereocenters. The predicted octanol–water partition coefficient (Wildman–Crippen LogP) is 2.55. The highest BCUT2D eigenvalue weighted by Gasteiger charge is 2.38. The van der Waals surface area contributed by atoms with E-state index in [2.05, 4.69) is 0 Å². The van der Waals surface area contributed by atoms with Crippen molar-refractivity contribution in [3.05, 3.63) is 35.6 Å². The Kier molecular flexibility index (Phi) is 3.26. The Balaban J connectivity index is 2.24. The van der Waals surface area contributed by atoms with Gasteiger partial charge in [-0.1, -0.05) is 37.5 Å². The van der Waals surface area contributed by atoms with Gasteiger partial charge in [0.05, 0.1) is 5.60 Å². The second-order valence-electron chi connectivity index (χ2n) is 4.59. The van der Waals surface area contributed by atoms with Crippen LogP contribution in [0.3, 0.4) is 0 Å². The van der Waals surface area contributed by atoms with Gasteiger partial charge < -0.3 is 10.2 Å². The molecule has 2 N–H and O–H groups in total. The van der Waals surface area contributed by atoms with E-state index in [1.54, 1.807) is 12.1 Å². The molecule has 0 aromatic heterocycles. The second-order valence-corrected chi connectivity index (χ2v) is 4.59. The van der Waals surface area contributed by atoms with E-state index in [1.807, 2.05) is 0 Å². The van der Waals surface area contributed by atoms with Gasteiger partial charge in [0.2, 0.25) is 0 Å². The van der Waals surface area contributed by atoms with Gasteiger partial charge in [0.25, 0.3) is 0 Å². The molecule has 88 valence electrons. The number of hydrogen-bond donors (Lipinski definition) is 2. The third-order valence-corrected chi connectivity index (χ3v) is 3.43. The maximum Gasteiger partial charge on any atom is 0.129 e. The molecular formula is C13H17FO2. The quantitative estimate of drug-likeness (QED) is 0.810. The number of halogens is 1. The van der Waals surface area contributed by atoms with Crippen LogP contribution in [0.4, 0.5) is 4.39 Å². The van der Waals surface area contributed by atoms with Crippen LogP contribution in [0.2, 0.25) is 0 Å². The second kappa shape index (κ2) is 4.52. The van der Waals surface area contributed by atoms with E-state index in [4.69, 9.17) is 0 Å². The summed E-state index contributed by atoms with van der Waals surface area (Å²) in [6.45, 7) is 0. The number of rotatable bonds is 2. The molecule has 0 aliphatic heterocycles. The maximum atomic E-state index is 13.5. The molecule has 1 aromatic carbocycles. The van der Waals surface area contributed by atoms with Gasteiger partial charge in [-0.15, -0.1) is 0 Å². The van der Waals surface area contributed by atoms with E-state index in [-0.39, 0.29) is 5.56 Å². The lowest BCUT2D eigenvalue weighted by Crippen LogP contribution is -2.38. The summed E-state index contributed by atoms with van der Waals surface area (Å²) < 4.78 is 13.5. The fraction of sp³-hybridized carbons (Fsp3) is 0.538. The number of benzene rings is 1. The van der Waals surface area contributed by atoms with Gasteiger partial charge in [-0.05, 0) is 18.9 Å². The molecule has 0 heterocycles. The molecule has 1 aliphatic rings. The highest BCUT2D eigenvalue weighted by atomic mass is 19.1. The minimum absolute atomic E-state index is 0.201. The van der Waals surface area contributed by atoms with E-state index >= 15 is 0 Å². The molecule has 16 heavy (non-hydrogen) atoms. The first kappa shape index (κ1) is 11.6. The number of hydrogen-bond acceptors (Lipinski definition) is 2. The van der Waals surface area contributed by atoms with Crippen molar-refractivity contribution in [1.29, 1.82) is 0 Å². The van der Waals surface area contributed by atoms with Crippen LogP contribution in [0.5, 0.6) is 0 Å². The normalized spacial score (nSPS) is 21.7. The van der Waals surface area contributed by atoms with Crippen molar-refractivity contribution in [2.24, 2.45) is 0 Å². The largest absolute Gasteiger partial charge is 0.387 e. The first-order valence-corrected chi connectivity index (χ1v) is 5.78. The van der Waals surface area contributed by atoms with Crippen molar-refractivity contribution in [1.82, 2.24) is 0 Å². The molecule has 0 spiro atoms. The highest BCUT2D eigenvalue weighted by molar-refractivity contribution is 5.22. The summed E-state index contributed by atoms with van der Waals surface area (Å²) in [5, 5.41) is 20.4. The summed E-state index contributed by atoms with van der Waals surface area (Å²) >= 11 is 0. The van der Waals surface area contributed by atoms with E-state index in [9.17, 15) is 14.6 Å². The lowest BCUT2D eigenvalue weighted by atomic mass is 9.78. The summed E-state index contributed by atoms with van der Waals surface area (Å²) in [5.41, 5.74) is -0.952. The molecule has 0 bridgehead atoms. The van der Waals surface area contributed by atoms with Crippen molar-refractivity contribution in [2.75, 3.05) is 0 Å². The molecular weight excluding hydrogens is 207 g/mol. The molecule has 2 nitrogen and oxygen atoms in total. The highest BCUT2D eigenvalue weighted by Crippen LogP contribution is 2.38. The number of aliphatic hydroxyl groups excluding tert-OH is 1. The Morgan fingerprint density at radius 1 is 1.12 bits per heavy atom. The Labute approximate surface area is 94.7 Å². The Hall–Kier alpha value is -0.930. The smallest absolute Gasteiger partial charge is 0.129 e. The van der Waals surface area contributed by atoms with Crippen molar-refractivity contribution >= 4 is 0 Å². The first-order chi connectivity index (χ1) is 7.63. The van der Waals surface area contributed by atoms with E-state index < -0.39 is 17.5 Å². The molecule has 1 atom stereocenters. The van der Waals surface area contributed by atoms with Crippen LogP contribution in [0.1, 0.15) is 43.8 Å². The summed E-state index contributed by atoms with van der Waals surface area (Å²) in [4.78, 5) is 0. The van der Waals surface area contributed by atoms with Crippen LogP contribution in [0.25, 0.3) is 0 Å². The molecule has 2 rings (SSSR count). The lowest BCUT2D eigenvalue weighted by Gasteiger charge is -2.36. The zero-order chi connectivity index (χ0) is 11.6. The van der Waals surface area contributed by atoms with Crippen molar-refractivity contribution in [3.8, 4) is 0 Å². The third kappa shape index (κ3) is 2.11. The van der Waals surface area contributed by atoms with E-state index in [0.29, 0.717) is 12.8 Å². The van der Waals surface area contributed by atoms with Crippen LogP contribution in [0.15, 0.2) is 24.3 Å². The van der Waals surface area contributed by atoms with Crippen molar-refractivity contribution in [2.45, 2.75) is 43.8 Å². The van der Waals surface area contributed by atoms with Crippen molar-refractivity contribution < 1.29 is 14.6 Å². The van der Waals surface area contributed by atoms with Crippen LogP contribution < -0.4 is 0 Å². The topological polar surface area (TPSA) is 40.5 Å². The van der Waals surface area contributed by atoms with Gasteiger partial charge in [-0.25, -0.2) is 4.39 Å². The van der Waals surface area contributed by atoms with E-state index in [1.165, 1.54) is 12.1 Å². The fourth-order valence-electron chi connectivity index (χ4n) is 2.42. The standard InChI is InChI=1S/C13H17FO2/c14-11-7-3-2-6-10(11)12(15)13(16)8-4-1-5-9-13/h2-3,6-7,12,15-16H,1,4-5,8-9H2. The molecule has 1 aromatic rings. The molecule has 1 saturated carbocycles. The molecule has 1 fully saturated rings. The molecule has 1 aliphatic carbocycles. The summed E-state index contributed by atoms with van der Waals surface area (Å²) in [6, 6.07) is 6.10. The summed E-state index contributed by atoms with van der Waals surface area (Å²) in [7, 11) is 0. The predicted molar refractivity (Wildman–Crippen MR) is 59.4 cm³/mol. The van der Waals surface area contributed by atoms with Gasteiger partial charge in [0.15, 0.2) is 0 Å². The average molecular weight is 224 g/mol. The first-order valence-electron chi connectivity index (χ1n) is 5.78. The third-order valence-electron chi connectivity index (χ3n) is 3.43. The van der Waals surface area contributed by atoms with Crippen LogP contribution in [0, 0.1) is 5.82 Å². The molecule has 0 radical (unpaired) electrons. The zero-order valence-corrected chi connectivity index (χ0v) is 9.19. The Bertz CT molecular complexity index is 359. The minimum atomic E-state index is -1.15. The van der Waals surface area contributed by atoms with Crippen LogP contribution >= 0.6 is 0 Å². The monoisotopic (exact) mass is 224 g/mol. The van der Waals surface area contributed by atoms with Gasteiger partial charge in [0, 0.05) is 5.56 Å². The van der Waals surface area contributed by atoms with Gasteiger partial charge in [-0.3, -0.25) is 0 Å². The van der Waals surface area contributed by atoms with E-state index in [0.717, 1.165) is 19.3 Å². The average Bonchev–Trinajstić information content (AvgIpc) is 2.30. The van der Waals surface area contributed by atoms with Gasteiger partial charge >= 0.3 is 0 Å². The molecule has 3 heteroatoms. The molecule has 0 saturated heterocycles. The Morgan fingerprint density at radius 3 is 2.38 bits per heavy atom. The van der Waals surface area contributed by atoms with Gasteiger partial charge in [0.1, 0.15) is 11.9 Å². The summed E-state index contributed by atoms with van der Waals surface area (Å²) in [6.07, 6.45) is 2.83. The van der Waals surface area contributed by atoms with Crippen LogP contribution in [-0.4, -0.2) is 15.8 Å². The SMILES string of the molecule is OC(c1ccccc1F)C1(O)CCCCC1. The summed E-state index contributed by atoms with van der Waals surface area (Å²) in [5.74, 6) is -0.450. The van der Waals surface area contributed by atoms with Crippen molar-refractivity contribution in [3.63, 3.8) is 0 Å². The lowest BCUT2D eigenvalue weighted by molar-refractivity contribution is -0.100. The zero-order valence-electron chi connectivity index (χ0n) is 9.19. The fourth-order valence-corrected chi connectivity index (χ4v) is 2.42. The van der Waals surface area contributed by atoms with Gasteiger partial charge in [-0.2, -0.15) is 0 Å². The minimum Gasteiger partial charge on any atom is -0.387 e. The Morgan fingerprint density at radius 2 is 1.75 bits per heavy atom. The maximum absolute atomic E-state index is 13.5.